The number of nitrogens with one attached hydrogen (secondary N) is 1. The number of rotatable bonds is 5. The second-order valence-electron chi connectivity index (χ2n) is 6.47. The van der Waals surface area contributed by atoms with E-state index in [1.165, 1.54) is 25.7 Å². The van der Waals surface area contributed by atoms with E-state index < -0.39 is 0 Å². The highest BCUT2D eigenvalue weighted by Crippen LogP contribution is 2.32. The van der Waals surface area contributed by atoms with Crippen LogP contribution in [-0.2, 0) is 4.79 Å². The highest BCUT2D eigenvalue weighted by Gasteiger charge is 2.34. The molecule has 2 rings (SSSR count). The van der Waals surface area contributed by atoms with Gasteiger partial charge in [0.05, 0.1) is 0 Å². The SMILES string of the molecule is CCC(C)CN(C)C(=O)CC1CC2CCC(C1)N2. The molecule has 2 heterocycles. The van der Waals surface area contributed by atoms with E-state index in [-0.39, 0.29) is 0 Å². The summed E-state index contributed by atoms with van der Waals surface area (Å²) in [6.45, 7) is 5.31. The summed E-state index contributed by atoms with van der Waals surface area (Å²) in [5, 5.41) is 3.64. The normalized spacial score (nSPS) is 32.3. The third-order valence-electron chi connectivity index (χ3n) is 4.74. The molecule has 2 bridgehead atoms. The largest absolute Gasteiger partial charge is 0.345 e. The molecule has 1 N–H and O–H groups in total. The molecular formula is C15H28N2O. The molecule has 3 atom stereocenters. The summed E-state index contributed by atoms with van der Waals surface area (Å²) < 4.78 is 0. The van der Waals surface area contributed by atoms with Crippen LogP contribution in [0.15, 0.2) is 0 Å². The molecule has 0 aliphatic carbocycles. The molecule has 0 aromatic rings. The van der Waals surface area contributed by atoms with Crippen molar-refractivity contribution < 1.29 is 4.79 Å². The predicted molar refractivity (Wildman–Crippen MR) is 74.4 cm³/mol. The molecule has 0 saturated carbocycles. The molecule has 0 radical (unpaired) electrons. The number of nitrogens with zero attached hydrogens (tertiary/aromatic N) is 1. The standard InChI is InChI=1S/C15H28N2O/c1-4-11(2)10-17(3)15(18)9-12-7-13-5-6-14(8-12)16-13/h11-14,16H,4-10H2,1-3H3. The first-order valence-electron chi connectivity index (χ1n) is 7.58. The quantitative estimate of drug-likeness (QED) is 0.815. The second kappa shape index (κ2) is 6.05. The number of hydrogen-bond acceptors (Lipinski definition) is 2. The molecule has 0 aromatic carbocycles. The van der Waals surface area contributed by atoms with E-state index in [9.17, 15) is 4.79 Å². The zero-order valence-electron chi connectivity index (χ0n) is 12.1. The van der Waals surface area contributed by atoms with Gasteiger partial charge in [-0.15, -0.1) is 0 Å². The lowest BCUT2D eigenvalue weighted by Gasteiger charge is -2.30. The fraction of sp³-hybridized carbons (Fsp3) is 0.933. The number of carbonyl (C=O) groups is 1. The van der Waals surface area contributed by atoms with Gasteiger partial charge < -0.3 is 10.2 Å². The Morgan fingerprint density at radius 3 is 2.50 bits per heavy atom. The Morgan fingerprint density at radius 1 is 1.33 bits per heavy atom. The zero-order chi connectivity index (χ0) is 13.1. The van der Waals surface area contributed by atoms with Crippen LogP contribution in [0.5, 0.6) is 0 Å². The number of hydrogen-bond donors (Lipinski definition) is 1. The van der Waals surface area contributed by atoms with Crippen LogP contribution in [0.3, 0.4) is 0 Å². The molecule has 2 saturated heterocycles. The lowest BCUT2D eigenvalue weighted by molar-refractivity contribution is -0.131. The van der Waals surface area contributed by atoms with Gasteiger partial charge in [-0.3, -0.25) is 4.79 Å². The van der Waals surface area contributed by atoms with Gasteiger partial charge in [-0.25, -0.2) is 0 Å². The monoisotopic (exact) mass is 252 g/mol. The third-order valence-corrected chi connectivity index (χ3v) is 4.74. The van der Waals surface area contributed by atoms with Crippen molar-refractivity contribution in [3.8, 4) is 0 Å². The molecule has 2 aliphatic heterocycles. The Balaban J connectivity index is 1.76. The van der Waals surface area contributed by atoms with E-state index in [0.717, 1.165) is 19.4 Å². The molecule has 104 valence electrons. The van der Waals surface area contributed by atoms with Crippen molar-refractivity contribution in [1.29, 1.82) is 0 Å². The topological polar surface area (TPSA) is 32.3 Å². The van der Waals surface area contributed by atoms with Crippen LogP contribution in [0.4, 0.5) is 0 Å². The summed E-state index contributed by atoms with van der Waals surface area (Å²) in [5.41, 5.74) is 0. The summed E-state index contributed by atoms with van der Waals surface area (Å²) in [6.07, 6.45) is 6.96. The van der Waals surface area contributed by atoms with Gasteiger partial charge in [0.2, 0.25) is 5.91 Å². The molecule has 3 nitrogen and oxygen atoms in total. The van der Waals surface area contributed by atoms with Crippen molar-refractivity contribution in [2.45, 2.75) is 64.5 Å². The van der Waals surface area contributed by atoms with E-state index in [1.807, 2.05) is 11.9 Å². The average Bonchev–Trinajstić information content (AvgIpc) is 2.68. The lowest BCUT2D eigenvalue weighted by atomic mass is 9.89. The van der Waals surface area contributed by atoms with Crippen LogP contribution in [0.25, 0.3) is 0 Å². The maximum Gasteiger partial charge on any atom is 0.222 e. The van der Waals surface area contributed by atoms with Crippen LogP contribution < -0.4 is 5.32 Å². The molecule has 3 heteroatoms. The minimum Gasteiger partial charge on any atom is -0.345 e. The molecular weight excluding hydrogens is 224 g/mol. The highest BCUT2D eigenvalue weighted by molar-refractivity contribution is 5.76. The summed E-state index contributed by atoms with van der Waals surface area (Å²) in [4.78, 5) is 14.1. The fourth-order valence-electron chi connectivity index (χ4n) is 3.44. The van der Waals surface area contributed by atoms with Crippen LogP contribution in [-0.4, -0.2) is 36.5 Å². The first-order valence-corrected chi connectivity index (χ1v) is 7.58. The van der Waals surface area contributed by atoms with Crippen molar-refractivity contribution in [1.82, 2.24) is 10.2 Å². The number of amides is 1. The van der Waals surface area contributed by atoms with Gasteiger partial charge in [0.1, 0.15) is 0 Å². The molecule has 0 spiro atoms. The molecule has 18 heavy (non-hydrogen) atoms. The summed E-state index contributed by atoms with van der Waals surface area (Å²) in [5.74, 6) is 1.58. The van der Waals surface area contributed by atoms with Gasteiger partial charge >= 0.3 is 0 Å². The van der Waals surface area contributed by atoms with Gasteiger partial charge in [-0.05, 0) is 37.5 Å². The van der Waals surface area contributed by atoms with Gasteiger partial charge in [0, 0.05) is 32.1 Å². The molecule has 3 unspecified atom stereocenters. The van der Waals surface area contributed by atoms with Crippen molar-refractivity contribution in [3.63, 3.8) is 0 Å². The van der Waals surface area contributed by atoms with Crippen molar-refractivity contribution >= 4 is 5.91 Å². The van der Waals surface area contributed by atoms with Gasteiger partial charge in [0.25, 0.3) is 0 Å². The molecule has 2 aliphatic rings. The highest BCUT2D eigenvalue weighted by atomic mass is 16.2. The molecule has 0 aromatic heterocycles. The van der Waals surface area contributed by atoms with Gasteiger partial charge in [-0.2, -0.15) is 0 Å². The maximum atomic E-state index is 12.2. The summed E-state index contributed by atoms with van der Waals surface area (Å²) in [7, 11) is 1.96. The van der Waals surface area contributed by atoms with Crippen LogP contribution in [0.2, 0.25) is 0 Å². The Hall–Kier alpha value is -0.570. The molecule has 2 fully saturated rings. The van der Waals surface area contributed by atoms with Crippen molar-refractivity contribution in [2.75, 3.05) is 13.6 Å². The Labute approximate surface area is 111 Å². The van der Waals surface area contributed by atoms with E-state index in [0.29, 0.717) is 29.8 Å². The van der Waals surface area contributed by atoms with Crippen LogP contribution in [0, 0.1) is 11.8 Å². The first-order chi connectivity index (χ1) is 8.58. The van der Waals surface area contributed by atoms with Crippen molar-refractivity contribution in [3.05, 3.63) is 0 Å². The van der Waals surface area contributed by atoms with E-state index in [1.54, 1.807) is 0 Å². The fourth-order valence-corrected chi connectivity index (χ4v) is 3.44. The Bertz CT molecular complexity index is 280. The van der Waals surface area contributed by atoms with E-state index in [4.69, 9.17) is 0 Å². The number of piperidine rings is 1. The first kappa shape index (κ1) is 13.9. The minimum atomic E-state index is 0.349. The van der Waals surface area contributed by atoms with Gasteiger partial charge in [0.15, 0.2) is 0 Å². The van der Waals surface area contributed by atoms with Crippen LogP contribution >= 0.6 is 0 Å². The minimum absolute atomic E-state index is 0.349. The predicted octanol–water partition coefficient (Wildman–Crippen LogP) is 2.41. The Morgan fingerprint density at radius 2 is 1.94 bits per heavy atom. The Kier molecular flexibility index (Phi) is 4.66. The maximum absolute atomic E-state index is 12.2. The smallest absolute Gasteiger partial charge is 0.222 e. The third kappa shape index (κ3) is 3.47. The zero-order valence-corrected chi connectivity index (χ0v) is 12.1. The summed E-state index contributed by atoms with van der Waals surface area (Å²) >= 11 is 0. The van der Waals surface area contributed by atoms with Gasteiger partial charge in [-0.1, -0.05) is 20.3 Å². The number of carbonyl (C=O) groups excluding carboxylic acids is 1. The molecule has 1 amide bonds. The van der Waals surface area contributed by atoms with E-state index >= 15 is 0 Å². The van der Waals surface area contributed by atoms with Crippen molar-refractivity contribution in [2.24, 2.45) is 11.8 Å². The van der Waals surface area contributed by atoms with Crippen LogP contribution in [0.1, 0.15) is 52.4 Å². The second-order valence-corrected chi connectivity index (χ2v) is 6.47. The van der Waals surface area contributed by atoms with E-state index in [2.05, 4.69) is 19.2 Å². The lowest BCUT2D eigenvalue weighted by Crippen LogP contribution is -2.40. The average molecular weight is 252 g/mol. The summed E-state index contributed by atoms with van der Waals surface area (Å²) in [6, 6.07) is 1.39. The number of fused-ring (bicyclic) bond motifs is 2.